The summed E-state index contributed by atoms with van der Waals surface area (Å²) in [4.78, 5) is 51.6. The van der Waals surface area contributed by atoms with Gasteiger partial charge in [-0.05, 0) is 71.6 Å². The number of hydrogen-bond donors (Lipinski definition) is 1. The molecule has 1 heterocycles. The second kappa shape index (κ2) is 9.65. The van der Waals surface area contributed by atoms with Crippen LogP contribution in [0.3, 0.4) is 0 Å². The first-order valence-electron chi connectivity index (χ1n) is 10.7. The Hall–Kier alpha value is -2.71. The van der Waals surface area contributed by atoms with Gasteiger partial charge in [-0.2, -0.15) is 0 Å². The Labute approximate surface area is 204 Å². The van der Waals surface area contributed by atoms with Crippen molar-refractivity contribution in [3.8, 4) is 0 Å². The first kappa shape index (κ1) is 23.4. The predicted octanol–water partition coefficient (Wildman–Crippen LogP) is 4.89. The molecule has 0 unspecified atom stereocenters. The molecule has 3 amide bonds. The summed E-state index contributed by atoms with van der Waals surface area (Å²) in [7, 11) is 0. The topological polar surface area (TPSA) is 92.8 Å². The lowest BCUT2D eigenvalue weighted by Crippen LogP contribution is -2.31. The molecule has 7 nitrogen and oxygen atoms in total. The third-order valence-corrected chi connectivity index (χ3v) is 7.25. The van der Waals surface area contributed by atoms with E-state index in [0.29, 0.717) is 33.7 Å². The van der Waals surface area contributed by atoms with Crippen molar-refractivity contribution in [2.45, 2.75) is 32.6 Å². The summed E-state index contributed by atoms with van der Waals surface area (Å²) in [6.45, 7) is 1.31. The van der Waals surface area contributed by atoms with Crippen LogP contribution in [0.4, 0.5) is 11.4 Å². The Bertz CT molecular complexity index is 1130. The molecule has 2 aromatic carbocycles. The van der Waals surface area contributed by atoms with Crippen molar-refractivity contribution in [3.63, 3.8) is 0 Å². The number of carbonyl (C=O) groups excluding carboxylic acids is 4. The summed E-state index contributed by atoms with van der Waals surface area (Å²) in [6.07, 6.45) is 3.31. The highest BCUT2D eigenvalue weighted by molar-refractivity contribution is 9.10. The van der Waals surface area contributed by atoms with E-state index < -0.39 is 18.5 Å². The van der Waals surface area contributed by atoms with Crippen LogP contribution in [-0.4, -0.2) is 30.3 Å². The van der Waals surface area contributed by atoms with Gasteiger partial charge in [-0.15, -0.1) is 0 Å². The average Bonchev–Trinajstić information content (AvgIpc) is 3.06. The van der Waals surface area contributed by atoms with Crippen molar-refractivity contribution in [2.75, 3.05) is 16.8 Å². The number of carbonyl (C=O) groups is 4. The lowest BCUT2D eigenvalue weighted by Gasteiger charge is -2.19. The highest BCUT2D eigenvalue weighted by atomic mass is 79.9. The van der Waals surface area contributed by atoms with Crippen molar-refractivity contribution >= 4 is 62.6 Å². The van der Waals surface area contributed by atoms with E-state index in [9.17, 15) is 19.2 Å². The van der Waals surface area contributed by atoms with E-state index in [2.05, 4.69) is 21.2 Å². The molecule has 172 valence electrons. The van der Waals surface area contributed by atoms with Gasteiger partial charge in [0.2, 0.25) is 11.8 Å². The van der Waals surface area contributed by atoms with Crippen LogP contribution in [0.25, 0.3) is 0 Å². The quantitative estimate of drug-likeness (QED) is 0.437. The molecule has 0 spiro atoms. The summed E-state index contributed by atoms with van der Waals surface area (Å²) in [6, 6.07) is 9.54. The van der Waals surface area contributed by atoms with Gasteiger partial charge in [-0.1, -0.05) is 30.5 Å². The number of amides is 3. The van der Waals surface area contributed by atoms with Crippen LogP contribution >= 0.6 is 27.5 Å². The van der Waals surface area contributed by atoms with Crippen LogP contribution in [-0.2, 0) is 19.1 Å². The molecule has 2 aromatic rings. The van der Waals surface area contributed by atoms with E-state index in [0.717, 1.165) is 18.4 Å². The number of benzene rings is 2. The van der Waals surface area contributed by atoms with E-state index in [1.54, 1.807) is 24.3 Å². The molecule has 1 N–H and O–H groups in total. The average molecular weight is 534 g/mol. The van der Waals surface area contributed by atoms with E-state index in [1.807, 2.05) is 6.92 Å². The Morgan fingerprint density at radius 2 is 1.79 bits per heavy atom. The minimum absolute atomic E-state index is 0.152. The second-order valence-corrected chi connectivity index (χ2v) is 9.53. The number of esters is 1. The largest absolute Gasteiger partial charge is 0.452 e. The number of halogens is 2. The monoisotopic (exact) mass is 532 g/mol. The molecular weight excluding hydrogens is 512 g/mol. The molecular formula is C24H22BrClN2O5. The zero-order valence-electron chi connectivity index (χ0n) is 17.9. The summed E-state index contributed by atoms with van der Waals surface area (Å²) >= 11 is 9.39. The lowest BCUT2D eigenvalue weighted by molar-refractivity contribution is -0.122. The molecule has 0 aromatic heterocycles. The molecule has 33 heavy (non-hydrogen) atoms. The first-order valence-corrected chi connectivity index (χ1v) is 11.8. The molecule has 2 aliphatic rings. The number of nitrogens with zero attached hydrogens (tertiary/aromatic N) is 1. The van der Waals surface area contributed by atoms with Gasteiger partial charge >= 0.3 is 5.97 Å². The number of rotatable bonds is 5. The van der Waals surface area contributed by atoms with Crippen LogP contribution in [0.2, 0.25) is 5.02 Å². The molecule has 1 aliphatic heterocycles. The molecule has 1 aliphatic carbocycles. The molecule has 0 bridgehead atoms. The van der Waals surface area contributed by atoms with Crippen LogP contribution in [0.1, 0.15) is 41.6 Å². The molecule has 9 heteroatoms. The number of fused-ring (bicyclic) bond motifs is 1. The van der Waals surface area contributed by atoms with Gasteiger partial charge in [0.05, 0.1) is 28.1 Å². The zero-order chi connectivity index (χ0) is 23.7. The molecule has 4 rings (SSSR count). The van der Waals surface area contributed by atoms with Crippen LogP contribution < -0.4 is 10.2 Å². The second-order valence-electron chi connectivity index (χ2n) is 8.27. The maximum atomic E-state index is 12.8. The minimum atomic E-state index is -0.728. The molecule has 0 radical (unpaired) electrons. The van der Waals surface area contributed by atoms with Crippen LogP contribution in [0, 0.1) is 18.8 Å². The number of anilines is 2. The van der Waals surface area contributed by atoms with Crippen molar-refractivity contribution in [2.24, 2.45) is 11.8 Å². The molecule has 1 saturated carbocycles. The van der Waals surface area contributed by atoms with Crippen molar-refractivity contribution in [1.82, 2.24) is 0 Å². The molecule has 2 fully saturated rings. The van der Waals surface area contributed by atoms with Gasteiger partial charge in [0.15, 0.2) is 6.61 Å². The lowest BCUT2D eigenvalue weighted by atomic mass is 9.81. The highest BCUT2D eigenvalue weighted by Crippen LogP contribution is 2.40. The number of ether oxygens (including phenoxy) is 1. The normalized spacial score (nSPS) is 19.9. The van der Waals surface area contributed by atoms with E-state index in [-0.39, 0.29) is 29.2 Å². The number of imide groups is 1. The smallest absolute Gasteiger partial charge is 0.338 e. The Morgan fingerprint density at radius 3 is 2.45 bits per heavy atom. The van der Waals surface area contributed by atoms with E-state index in [4.69, 9.17) is 16.3 Å². The highest BCUT2D eigenvalue weighted by Gasteiger charge is 2.48. The fourth-order valence-electron chi connectivity index (χ4n) is 4.37. The van der Waals surface area contributed by atoms with Gasteiger partial charge in [0, 0.05) is 10.2 Å². The van der Waals surface area contributed by atoms with Gasteiger partial charge in [0.25, 0.3) is 5.91 Å². The first-order chi connectivity index (χ1) is 15.8. The maximum absolute atomic E-state index is 12.8. The van der Waals surface area contributed by atoms with Crippen LogP contribution in [0.5, 0.6) is 0 Å². The standard InChI is InChI=1S/C24H22BrClN2O5/c1-13-9-18(25)19(26)11-20(13)27-21(29)12-33-24(32)14-5-4-6-15(10-14)28-22(30)16-7-2-3-8-17(16)23(28)31/h4-6,9-11,16-17H,2-3,7-8,12H2,1H3,(H,27,29)/t16-,17+. The summed E-state index contributed by atoms with van der Waals surface area (Å²) in [5, 5.41) is 3.10. The van der Waals surface area contributed by atoms with Gasteiger partial charge < -0.3 is 10.1 Å². The van der Waals surface area contributed by atoms with Gasteiger partial charge in [-0.25, -0.2) is 4.79 Å². The molecule has 2 atom stereocenters. The summed E-state index contributed by atoms with van der Waals surface area (Å²) in [5.41, 5.74) is 1.80. The van der Waals surface area contributed by atoms with Crippen LogP contribution in [0.15, 0.2) is 40.9 Å². The van der Waals surface area contributed by atoms with Crippen molar-refractivity contribution in [3.05, 3.63) is 57.0 Å². The van der Waals surface area contributed by atoms with E-state index in [1.165, 1.54) is 17.0 Å². The predicted molar refractivity (Wildman–Crippen MR) is 127 cm³/mol. The third kappa shape index (κ3) is 4.82. The summed E-state index contributed by atoms with van der Waals surface area (Å²) in [5.74, 6) is -2.22. The third-order valence-electron chi connectivity index (χ3n) is 6.06. The number of hydrogen-bond acceptors (Lipinski definition) is 5. The van der Waals surface area contributed by atoms with Crippen molar-refractivity contribution in [1.29, 1.82) is 0 Å². The summed E-state index contributed by atoms with van der Waals surface area (Å²) < 4.78 is 5.85. The molecule has 1 saturated heterocycles. The van der Waals surface area contributed by atoms with E-state index >= 15 is 0 Å². The fourth-order valence-corrected chi connectivity index (χ4v) is 4.99. The van der Waals surface area contributed by atoms with Gasteiger partial charge in [-0.3, -0.25) is 19.3 Å². The van der Waals surface area contributed by atoms with Gasteiger partial charge in [0.1, 0.15) is 0 Å². The Balaban J connectivity index is 1.41. The fraction of sp³-hybridized carbons (Fsp3) is 0.333. The minimum Gasteiger partial charge on any atom is -0.452 e. The Kier molecular flexibility index (Phi) is 6.86. The SMILES string of the molecule is Cc1cc(Br)c(Cl)cc1NC(=O)COC(=O)c1cccc(N2C(=O)[C@H]3CCCC[C@H]3C2=O)c1. The van der Waals surface area contributed by atoms with Crippen molar-refractivity contribution < 1.29 is 23.9 Å². The Morgan fingerprint density at radius 1 is 1.12 bits per heavy atom. The zero-order valence-corrected chi connectivity index (χ0v) is 20.2. The number of nitrogens with one attached hydrogen (secondary N) is 1. The number of aryl methyl sites for hydroxylation is 1. The maximum Gasteiger partial charge on any atom is 0.338 e.